The second-order valence-electron chi connectivity index (χ2n) is 7.63. The Labute approximate surface area is 137 Å². The van der Waals surface area contributed by atoms with E-state index in [1.54, 1.807) is 0 Å². The highest BCUT2D eigenvalue weighted by Crippen LogP contribution is 2.21. The first-order valence-corrected chi connectivity index (χ1v) is 9.69. The Kier molecular flexibility index (Phi) is 6.14. The lowest BCUT2D eigenvalue weighted by Crippen LogP contribution is -2.56. The monoisotopic (exact) mass is 308 g/mol. The van der Waals surface area contributed by atoms with Gasteiger partial charge in [0.2, 0.25) is 0 Å². The highest BCUT2D eigenvalue weighted by molar-refractivity contribution is 4.86. The molecule has 128 valence electrons. The van der Waals surface area contributed by atoms with E-state index in [0.717, 1.165) is 12.0 Å². The Morgan fingerprint density at radius 2 is 1.45 bits per heavy atom. The fraction of sp³-hybridized carbons (Fsp3) is 1.00. The average molecular weight is 309 g/mol. The number of nitrogens with zero attached hydrogens (tertiary/aromatic N) is 4. The van der Waals surface area contributed by atoms with Gasteiger partial charge in [0.1, 0.15) is 0 Å². The number of likely N-dealkylation sites (tertiary alicyclic amines) is 2. The van der Waals surface area contributed by atoms with Crippen LogP contribution in [0.25, 0.3) is 0 Å². The Bertz CT molecular complexity index is 313. The van der Waals surface area contributed by atoms with Crippen molar-refractivity contribution in [3.63, 3.8) is 0 Å². The van der Waals surface area contributed by atoms with E-state index in [1.165, 1.54) is 91.3 Å². The molecule has 0 bridgehead atoms. The van der Waals surface area contributed by atoms with Crippen LogP contribution in [0, 0.1) is 5.92 Å². The lowest BCUT2D eigenvalue weighted by Gasteiger charge is -2.46. The number of hydrogen-bond donors (Lipinski definition) is 0. The zero-order chi connectivity index (χ0) is 15.4. The van der Waals surface area contributed by atoms with Gasteiger partial charge in [-0.25, -0.2) is 0 Å². The van der Waals surface area contributed by atoms with Crippen molar-refractivity contribution in [1.82, 2.24) is 19.6 Å². The summed E-state index contributed by atoms with van der Waals surface area (Å²) in [5.74, 6) is 0.950. The molecule has 0 amide bonds. The topological polar surface area (TPSA) is 13.0 Å². The van der Waals surface area contributed by atoms with Crippen LogP contribution in [-0.4, -0.2) is 97.6 Å². The smallest absolute Gasteiger partial charge is 0.0121 e. The molecular formula is C18H36N4. The normalized spacial score (nSPS) is 28.1. The molecule has 0 aromatic rings. The summed E-state index contributed by atoms with van der Waals surface area (Å²) in [6, 6.07) is 0.869. The first-order chi connectivity index (χ1) is 10.8. The summed E-state index contributed by atoms with van der Waals surface area (Å²) < 4.78 is 0. The zero-order valence-electron chi connectivity index (χ0n) is 14.8. The van der Waals surface area contributed by atoms with Crippen LogP contribution in [0.4, 0.5) is 0 Å². The van der Waals surface area contributed by atoms with Crippen LogP contribution in [0.5, 0.6) is 0 Å². The molecular weight excluding hydrogens is 272 g/mol. The molecule has 3 fully saturated rings. The third kappa shape index (κ3) is 4.22. The molecule has 3 heterocycles. The Balaban J connectivity index is 1.31. The van der Waals surface area contributed by atoms with Gasteiger partial charge in [0.15, 0.2) is 0 Å². The highest BCUT2D eigenvalue weighted by atomic mass is 15.3. The van der Waals surface area contributed by atoms with Gasteiger partial charge in [-0.2, -0.15) is 0 Å². The predicted octanol–water partition coefficient (Wildman–Crippen LogP) is 1.43. The van der Waals surface area contributed by atoms with Gasteiger partial charge < -0.3 is 14.7 Å². The maximum Gasteiger partial charge on any atom is 0.0121 e. The zero-order valence-corrected chi connectivity index (χ0v) is 14.8. The molecule has 0 atom stereocenters. The van der Waals surface area contributed by atoms with Gasteiger partial charge >= 0.3 is 0 Å². The van der Waals surface area contributed by atoms with Gasteiger partial charge in [-0.15, -0.1) is 0 Å². The highest BCUT2D eigenvalue weighted by Gasteiger charge is 2.30. The first kappa shape index (κ1) is 16.7. The fourth-order valence-corrected chi connectivity index (χ4v) is 4.57. The van der Waals surface area contributed by atoms with Gasteiger partial charge in [0.05, 0.1) is 0 Å². The van der Waals surface area contributed by atoms with Gasteiger partial charge in [-0.3, -0.25) is 4.90 Å². The van der Waals surface area contributed by atoms with E-state index >= 15 is 0 Å². The third-order valence-corrected chi connectivity index (χ3v) is 6.02. The van der Waals surface area contributed by atoms with E-state index in [-0.39, 0.29) is 0 Å². The Morgan fingerprint density at radius 1 is 0.773 bits per heavy atom. The summed E-state index contributed by atoms with van der Waals surface area (Å²) >= 11 is 0. The minimum absolute atomic E-state index is 0.869. The summed E-state index contributed by atoms with van der Waals surface area (Å²) in [5.41, 5.74) is 0. The van der Waals surface area contributed by atoms with Crippen molar-refractivity contribution in [3.8, 4) is 0 Å². The van der Waals surface area contributed by atoms with Crippen molar-refractivity contribution in [2.24, 2.45) is 5.92 Å². The molecule has 0 saturated carbocycles. The van der Waals surface area contributed by atoms with Crippen LogP contribution < -0.4 is 0 Å². The van der Waals surface area contributed by atoms with E-state index in [9.17, 15) is 0 Å². The summed E-state index contributed by atoms with van der Waals surface area (Å²) in [5, 5.41) is 0. The quantitative estimate of drug-likeness (QED) is 0.736. The summed E-state index contributed by atoms with van der Waals surface area (Å²) in [6.07, 6.45) is 4.09. The molecule has 0 radical (unpaired) electrons. The largest absolute Gasteiger partial charge is 0.303 e. The van der Waals surface area contributed by atoms with Crippen LogP contribution in [0.1, 0.15) is 33.1 Å². The lowest BCUT2D eigenvalue weighted by atomic mass is 9.98. The molecule has 22 heavy (non-hydrogen) atoms. The summed E-state index contributed by atoms with van der Waals surface area (Å²) in [7, 11) is 0. The Morgan fingerprint density at radius 3 is 2.05 bits per heavy atom. The number of hydrogen-bond acceptors (Lipinski definition) is 4. The van der Waals surface area contributed by atoms with Crippen LogP contribution in [-0.2, 0) is 0 Å². The van der Waals surface area contributed by atoms with Crippen molar-refractivity contribution in [1.29, 1.82) is 0 Å². The number of piperidine rings is 1. The molecule has 0 unspecified atom stereocenters. The molecule has 3 aliphatic heterocycles. The lowest BCUT2D eigenvalue weighted by molar-refractivity contribution is 0.0266. The maximum absolute atomic E-state index is 2.79. The SMILES string of the molecule is CCCN1CC(CN2CCN(C3CCN(CC)CC3)CC2)C1. The van der Waals surface area contributed by atoms with E-state index in [4.69, 9.17) is 0 Å². The molecule has 3 rings (SSSR count). The van der Waals surface area contributed by atoms with E-state index in [1.807, 2.05) is 0 Å². The average Bonchev–Trinajstić information content (AvgIpc) is 2.54. The predicted molar refractivity (Wildman–Crippen MR) is 93.4 cm³/mol. The third-order valence-electron chi connectivity index (χ3n) is 6.02. The minimum atomic E-state index is 0.869. The van der Waals surface area contributed by atoms with Crippen molar-refractivity contribution in [2.75, 3.05) is 72.0 Å². The fourth-order valence-electron chi connectivity index (χ4n) is 4.57. The number of piperazine rings is 1. The molecule has 0 aromatic heterocycles. The first-order valence-electron chi connectivity index (χ1n) is 9.69. The van der Waals surface area contributed by atoms with Crippen LogP contribution in [0.2, 0.25) is 0 Å². The standard InChI is InChI=1S/C18H36N4/c1-3-7-21-15-17(16-21)14-20-10-12-22(13-11-20)18-5-8-19(4-2)9-6-18/h17-18H,3-16H2,1-2H3. The number of rotatable bonds is 6. The molecule has 4 nitrogen and oxygen atoms in total. The van der Waals surface area contributed by atoms with Gasteiger partial charge in [0, 0.05) is 51.9 Å². The van der Waals surface area contributed by atoms with Crippen molar-refractivity contribution in [3.05, 3.63) is 0 Å². The minimum Gasteiger partial charge on any atom is -0.303 e. The molecule has 3 aliphatic rings. The molecule has 0 spiro atoms. The molecule has 0 aromatic carbocycles. The van der Waals surface area contributed by atoms with E-state index in [0.29, 0.717) is 0 Å². The molecule has 0 N–H and O–H groups in total. The van der Waals surface area contributed by atoms with Crippen molar-refractivity contribution in [2.45, 2.75) is 39.2 Å². The van der Waals surface area contributed by atoms with Gasteiger partial charge in [0.25, 0.3) is 0 Å². The maximum atomic E-state index is 2.79. The molecule has 4 heteroatoms. The molecule has 3 saturated heterocycles. The summed E-state index contributed by atoms with van der Waals surface area (Å²) in [4.78, 5) is 10.7. The van der Waals surface area contributed by atoms with Crippen molar-refractivity contribution >= 4 is 0 Å². The van der Waals surface area contributed by atoms with Gasteiger partial charge in [-0.05, 0) is 51.4 Å². The van der Waals surface area contributed by atoms with Crippen molar-refractivity contribution < 1.29 is 0 Å². The summed E-state index contributed by atoms with van der Waals surface area (Å²) in [6.45, 7) is 19.0. The second-order valence-corrected chi connectivity index (χ2v) is 7.63. The Hall–Kier alpha value is -0.160. The molecule has 0 aliphatic carbocycles. The van der Waals surface area contributed by atoms with E-state index in [2.05, 4.69) is 33.4 Å². The van der Waals surface area contributed by atoms with E-state index < -0.39 is 0 Å². The van der Waals surface area contributed by atoms with Crippen LogP contribution in [0.15, 0.2) is 0 Å². The second kappa shape index (κ2) is 8.09. The van der Waals surface area contributed by atoms with Gasteiger partial charge in [-0.1, -0.05) is 13.8 Å². The van der Waals surface area contributed by atoms with Crippen LogP contribution >= 0.6 is 0 Å². The van der Waals surface area contributed by atoms with Crippen LogP contribution in [0.3, 0.4) is 0 Å².